The van der Waals surface area contributed by atoms with Gasteiger partial charge in [0.1, 0.15) is 5.75 Å². The van der Waals surface area contributed by atoms with Crippen LogP contribution in [0.5, 0.6) is 5.75 Å². The van der Waals surface area contributed by atoms with Crippen LogP contribution in [0.1, 0.15) is 30.0 Å². The minimum absolute atomic E-state index is 0.0136. The van der Waals surface area contributed by atoms with Crippen molar-refractivity contribution in [2.24, 2.45) is 0 Å². The largest absolute Gasteiger partial charge is 0.433 e. The number of fused-ring (bicyclic) bond motifs is 1. The highest BCUT2D eigenvalue weighted by Crippen LogP contribution is 2.30. The van der Waals surface area contributed by atoms with Gasteiger partial charge < -0.3 is 15.4 Å². The van der Waals surface area contributed by atoms with E-state index in [-0.39, 0.29) is 29.3 Å². The lowest BCUT2D eigenvalue weighted by Gasteiger charge is -2.26. The van der Waals surface area contributed by atoms with Gasteiger partial charge in [-0.25, -0.2) is 0 Å². The number of aryl methyl sites for hydroxylation is 1. The van der Waals surface area contributed by atoms with E-state index in [1.807, 2.05) is 18.2 Å². The third-order valence-corrected chi connectivity index (χ3v) is 4.60. The summed E-state index contributed by atoms with van der Waals surface area (Å²) >= 11 is 5.90. The molecule has 26 heavy (non-hydrogen) atoms. The molecule has 0 saturated heterocycles. The normalized spacial score (nSPS) is 16.1. The molecule has 0 bridgehead atoms. The molecule has 2 N–H and O–H groups in total. The van der Waals surface area contributed by atoms with Gasteiger partial charge in [-0.1, -0.05) is 35.9 Å². The number of carbonyl (C=O) groups excluding carboxylic acids is 1. The van der Waals surface area contributed by atoms with Crippen molar-refractivity contribution in [3.8, 4) is 5.75 Å². The molecule has 1 amide bonds. The lowest BCUT2D eigenvalue weighted by Crippen LogP contribution is -2.35. The van der Waals surface area contributed by atoms with E-state index in [2.05, 4.69) is 21.4 Å². The van der Waals surface area contributed by atoms with Gasteiger partial charge in [0.05, 0.1) is 17.6 Å². The summed E-state index contributed by atoms with van der Waals surface area (Å²) in [7, 11) is 0. The Morgan fingerprint density at radius 2 is 2.08 bits per heavy atom. The second-order valence-electron chi connectivity index (χ2n) is 6.09. The Hall–Kier alpha value is -2.34. The number of hydrogen-bond acceptors (Lipinski definition) is 3. The molecule has 1 aliphatic rings. The standard InChI is InChI=1S/C19H19ClF2N2O2/c20-15-10-13(8-9-17(15)26-19(21)22)23-11-18(25)24-16-7-3-5-12-4-1-2-6-14(12)16/h1-2,4,6,8-10,16,19,23H,3,5,7,11H2,(H,24,25)/t16-/m1/s1. The van der Waals surface area contributed by atoms with Crippen molar-refractivity contribution >= 4 is 23.2 Å². The van der Waals surface area contributed by atoms with Crippen LogP contribution >= 0.6 is 11.6 Å². The fourth-order valence-electron chi connectivity index (χ4n) is 3.13. The molecule has 2 aromatic carbocycles. The molecule has 0 heterocycles. The smallest absolute Gasteiger partial charge is 0.387 e. The second-order valence-corrected chi connectivity index (χ2v) is 6.50. The van der Waals surface area contributed by atoms with Gasteiger partial charge in [0, 0.05) is 5.69 Å². The van der Waals surface area contributed by atoms with Crippen molar-refractivity contribution in [3.63, 3.8) is 0 Å². The van der Waals surface area contributed by atoms with Crippen LogP contribution in [0.3, 0.4) is 0 Å². The van der Waals surface area contributed by atoms with Gasteiger partial charge in [0.2, 0.25) is 5.91 Å². The van der Waals surface area contributed by atoms with Crippen LogP contribution < -0.4 is 15.4 Å². The Balaban J connectivity index is 1.56. The van der Waals surface area contributed by atoms with E-state index in [4.69, 9.17) is 11.6 Å². The fraction of sp³-hybridized carbons (Fsp3) is 0.316. The van der Waals surface area contributed by atoms with Gasteiger partial charge in [-0.3, -0.25) is 4.79 Å². The molecule has 0 radical (unpaired) electrons. The molecule has 0 aliphatic heterocycles. The lowest BCUT2D eigenvalue weighted by atomic mass is 9.88. The van der Waals surface area contributed by atoms with Gasteiger partial charge in [-0.15, -0.1) is 0 Å². The zero-order valence-corrected chi connectivity index (χ0v) is 14.7. The molecular weight excluding hydrogens is 362 g/mol. The Kier molecular flexibility index (Phi) is 5.93. The number of hydrogen-bond donors (Lipinski definition) is 2. The van der Waals surface area contributed by atoms with E-state index in [9.17, 15) is 13.6 Å². The maximum Gasteiger partial charge on any atom is 0.387 e. The maximum atomic E-state index is 12.3. The van der Waals surface area contributed by atoms with Crippen molar-refractivity contribution in [1.82, 2.24) is 5.32 Å². The molecule has 0 saturated carbocycles. The van der Waals surface area contributed by atoms with Gasteiger partial charge >= 0.3 is 6.61 Å². The second kappa shape index (κ2) is 8.36. The van der Waals surface area contributed by atoms with Crippen LogP contribution in [0.4, 0.5) is 14.5 Å². The number of rotatable bonds is 6. The van der Waals surface area contributed by atoms with Gasteiger partial charge in [-0.2, -0.15) is 8.78 Å². The monoisotopic (exact) mass is 380 g/mol. The third kappa shape index (κ3) is 4.64. The van der Waals surface area contributed by atoms with E-state index in [1.165, 1.54) is 29.3 Å². The molecule has 3 rings (SSSR count). The minimum atomic E-state index is -2.93. The first-order valence-corrected chi connectivity index (χ1v) is 8.76. The van der Waals surface area contributed by atoms with Gasteiger partial charge in [0.15, 0.2) is 0 Å². The molecule has 0 aromatic heterocycles. The van der Waals surface area contributed by atoms with Crippen LogP contribution in [-0.4, -0.2) is 19.1 Å². The molecule has 0 unspecified atom stereocenters. The summed E-state index contributed by atoms with van der Waals surface area (Å²) in [5.41, 5.74) is 3.00. The number of amides is 1. The number of ether oxygens (including phenoxy) is 1. The topological polar surface area (TPSA) is 50.4 Å². The lowest BCUT2D eigenvalue weighted by molar-refractivity contribution is -0.120. The summed E-state index contributed by atoms with van der Waals surface area (Å²) in [6.07, 6.45) is 2.98. The van der Waals surface area contributed by atoms with E-state index < -0.39 is 6.61 Å². The summed E-state index contributed by atoms with van der Waals surface area (Å²) in [4.78, 5) is 12.3. The van der Waals surface area contributed by atoms with Gasteiger partial charge in [0.25, 0.3) is 0 Å². The van der Waals surface area contributed by atoms with Crippen LogP contribution in [-0.2, 0) is 11.2 Å². The first-order chi connectivity index (χ1) is 12.5. The van der Waals surface area contributed by atoms with Crippen molar-refractivity contribution in [3.05, 3.63) is 58.6 Å². The Labute approximate surface area is 155 Å². The first-order valence-electron chi connectivity index (χ1n) is 8.38. The number of alkyl halides is 2. The number of benzene rings is 2. The molecule has 138 valence electrons. The summed E-state index contributed by atoms with van der Waals surface area (Å²) in [6.45, 7) is -2.88. The zero-order valence-electron chi connectivity index (χ0n) is 14.0. The molecule has 1 aliphatic carbocycles. The van der Waals surface area contributed by atoms with Crippen LogP contribution in [0.25, 0.3) is 0 Å². The fourth-order valence-corrected chi connectivity index (χ4v) is 3.36. The summed E-state index contributed by atoms with van der Waals surface area (Å²) < 4.78 is 28.8. The quantitative estimate of drug-likeness (QED) is 0.773. The van der Waals surface area contributed by atoms with Crippen molar-refractivity contribution < 1.29 is 18.3 Å². The first kappa shape index (κ1) is 18.5. The summed E-state index contributed by atoms with van der Waals surface area (Å²) in [5, 5.41) is 6.03. The van der Waals surface area contributed by atoms with Crippen LogP contribution in [0.2, 0.25) is 5.02 Å². The van der Waals surface area contributed by atoms with E-state index >= 15 is 0 Å². The van der Waals surface area contributed by atoms with Crippen molar-refractivity contribution in [1.29, 1.82) is 0 Å². The molecule has 7 heteroatoms. The Morgan fingerprint density at radius 3 is 2.85 bits per heavy atom. The highest BCUT2D eigenvalue weighted by molar-refractivity contribution is 6.32. The number of anilines is 1. The average molecular weight is 381 g/mol. The van der Waals surface area contributed by atoms with E-state index in [0.717, 1.165) is 19.3 Å². The molecular formula is C19H19ClF2N2O2. The third-order valence-electron chi connectivity index (χ3n) is 4.31. The van der Waals surface area contributed by atoms with E-state index in [1.54, 1.807) is 0 Å². The SMILES string of the molecule is O=C(CNc1ccc(OC(F)F)c(Cl)c1)N[C@@H]1CCCc2ccccc21. The Morgan fingerprint density at radius 1 is 1.27 bits per heavy atom. The van der Waals surface area contributed by atoms with Gasteiger partial charge in [-0.05, 0) is 48.6 Å². The maximum absolute atomic E-state index is 12.3. The predicted octanol–water partition coefficient (Wildman–Crippen LogP) is 4.55. The van der Waals surface area contributed by atoms with Crippen molar-refractivity contribution in [2.75, 3.05) is 11.9 Å². The number of nitrogens with one attached hydrogen (secondary N) is 2. The molecule has 0 fully saturated rings. The zero-order chi connectivity index (χ0) is 18.5. The molecule has 1 atom stereocenters. The predicted molar refractivity (Wildman–Crippen MR) is 96.8 cm³/mol. The van der Waals surface area contributed by atoms with Crippen LogP contribution in [0.15, 0.2) is 42.5 Å². The number of carbonyl (C=O) groups is 1. The average Bonchev–Trinajstić information content (AvgIpc) is 2.62. The molecule has 2 aromatic rings. The highest BCUT2D eigenvalue weighted by atomic mass is 35.5. The van der Waals surface area contributed by atoms with Crippen molar-refractivity contribution in [2.45, 2.75) is 31.9 Å². The molecule has 0 spiro atoms. The summed E-state index contributed by atoms with van der Waals surface area (Å²) in [5.74, 6) is -0.244. The highest BCUT2D eigenvalue weighted by Gasteiger charge is 2.21. The number of halogens is 3. The van der Waals surface area contributed by atoms with E-state index in [0.29, 0.717) is 5.69 Å². The minimum Gasteiger partial charge on any atom is -0.433 e. The van der Waals surface area contributed by atoms with Crippen LogP contribution in [0, 0.1) is 0 Å². The Bertz CT molecular complexity index is 786. The summed E-state index contributed by atoms with van der Waals surface area (Å²) in [6, 6.07) is 12.5. The molecule has 4 nitrogen and oxygen atoms in total.